The number of aromatic nitrogens is 2. The Morgan fingerprint density at radius 1 is 0.667 bits per heavy atom. The molecule has 0 radical (unpaired) electrons. The Kier molecular flexibility index (Phi) is 8.31. The highest BCUT2D eigenvalue weighted by Crippen LogP contribution is 2.41. The fraction of sp³-hybridized carbons (Fsp3) is 0.189. The second-order valence-corrected chi connectivity index (χ2v) is 16.3. The monoisotopic (exact) mass is 738 g/mol. The highest BCUT2D eigenvalue weighted by Gasteiger charge is 2.28. The van der Waals surface area contributed by atoms with E-state index in [-0.39, 0.29) is 6.04 Å². The molecule has 0 bridgehead atoms. The summed E-state index contributed by atoms with van der Waals surface area (Å²) in [5.74, 6) is 1.64. The van der Waals surface area contributed by atoms with Gasteiger partial charge in [-0.15, -0.1) is 0 Å². The minimum Gasteiger partial charge on any atom is -0.359 e. The third-order valence-electron chi connectivity index (χ3n) is 12.6. The van der Waals surface area contributed by atoms with E-state index in [1.807, 2.05) is 0 Å². The zero-order valence-corrected chi connectivity index (χ0v) is 32.5. The van der Waals surface area contributed by atoms with Gasteiger partial charge in [-0.05, 0) is 115 Å². The van der Waals surface area contributed by atoms with Gasteiger partial charge in [0.2, 0.25) is 0 Å². The van der Waals surface area contributed by atoms with Crippen LogP contribution in [-0.2, 0) is 19.3 Å². The van der Waals surface area contributed by atoms with Crippen LogP contribution in [0.15, 0.2) is 162 Å². The predicted molar refractivity (Wildman–Crippen MR) is 238 cm³/mol. The summed E-state index contributed by atoms with van der Waals surface area (Å²) in [4.78, 5) is 5.43. The van der Waals surface area contributed by atoms with Crippen LogP contribution in [0.1, 0.15) is 72.3 Å². The first-order chi connectivity index (χ1) is 28.2. The van der Waals surface area contributed by atoms with Gasteiger partial charge < -0.3 is 14.5 Å². The van der Waals surface area contributed by atoms with Crippen molar-refractivity contribution in [1.82, 2.24) is 14.5 Å². The summed E-state index contributed by atoms with van der Waals surface area (Å²) in [7, 11) is 0. The van der Waals surface area contributed by atoms with Crippen LogP contribution < -0.4 is 5.32 Å². The van der Waals surface area contributed by atoms with Crippen LogP contribution in [0, 0.1) is 5.92 Å². The minimum atomic E-state index is -0.114. The van der Waals surface area contributed by atoms with Crippen molar-refractivity contribution in [2.75, 3.05) is 0 Å². The Morgan fingerprint density at radius 2 is 1.37 bits per heavy atom. The van der Waals surface area contributed by atoms with E-state index in [0.717, 1.165) is 55.6 Å². The average molecular weight is 739 g/mol. The van der Waals surface area contributed by atoms with Gasteiger partial charge in [0, 0.05) is 44.7 Å². The van der Waals surface area contributed by atoms with Gasteiger partial charge in [-0.2, -0.15) is 0 Å². The molecule has 1 N–H and O–H groups in total. The molecule has 0 saturated carbocycles. The molecule has 4 aliphatic rings. The standard InChI is InChI=1S/C53H46N4/c1-35-28-29-52-46(30-35)45-24-12-15-27-51(45)57(52)40-32-38(31-39(33-40)56-49-25-13-10-22-43(49)44-23-11-14-26-50(44)56)47-34-48(55-53(54-47)37-18-6-3-7-19-37)42-21-9-8-20-41(42)36-16-4-2-5-17-36/h2-6,8-13,15-18,20-25,27,31-35,47H,7,14,19,26,28-30H2,1H3,(H,54,55). The normalized spacial score (nSPS) is 18.8. The van der Waals surface area contributed by atoms with Gasteiger partial charge in [0.25, 0.3) is 0 Å². The van der Waals surface area contributed by atoms with Crippen molar-refractivity contribution in [3.05, 3.63) is 191 Å². The Hall–Kier alpha value is -6.39. The molecule has 2 aromatic heterocycles. The molecule has 3 aliphatic carbocycles. The molecule has 2 atom stereocenters. The second kappa shape index (κ2) is 14.0. The summed E-state index contributed by atoms with van der Waals surface area (Å²) >= 11 is 0. The number of benzene rings is 5. The molecule has 11 rings (SSSR count). The number of aliphatic imine (C=N–C) groups is 1. The van der Waals surface area contributed by atoms with Crippen molar-refractivity contribution in [2.45, 2.75) is 57.9 Å². The molecular formula is C53H46N4. The molecule has 0 amide bonds. The number of amidine groups is 1. The molecular weight excluding hydrogens is 693 g/mol. The Labute approximate surface area is 334 Å². The van der Waals surface area contributed by atoms with Crippen molar-refractivity contribution in [3.8, 4) is 22.5 Å². The van der Waals surface area contributed by atoms with Crippen molar-refractivity contribution >= 4 is 39.4 Å². The molecule has 3 heterocycles. The lowest BCUT2D eigenvalue weighted by Gasteiger charge is -2.28. The molecule has 0 saturated heterocycles. The quantitative estimate of drug-likeness (QED) is 0.181. The first-order valence-electron chi connectivity index (χ1n) is 20.8. The van der Waals surface area contributed by atoms with Crippen LogP contribution >= 0.6 is 0 Å². The molecule has 0 spiro atoms. The van der Waals surface area contributed by atoms with Gasteiger partial charge in [0.05, 0.1) is 22.8 Å². The van der Waals surface area contributed by atoms with E-state index >= 15 is 0 Å². The van der Waals surface area contributed by atoms with Gasteiger partial charge >= 0.3 is 0 Å². The summed E-state index contributed by atoms with van der Waals surface area (Å²) in [5.41, 5.74) is 17.7. The Bertz CT molecular complexity index is 2870. The van der Waals surface area contributed by atoms with Gasteiger partial charge in [-0.25, -0.2) is 4.99 Å². The average Bonchev–Trinajstić information content (AvgIpc) is 3.79. The lowest BCUT2D eigenvalue weighted by Crippen LogP contribution is -2.32. The number of hydrogen-bond acceptors (Lipinski definition) is 2. The van der Waals surface area contributed by atoms with Crippen LogP contribution in [0.4, 0.5) is 0 Å². The predicted octanol–water partition coefficient (Wildman–Crippen LogP) is 12.7. The molecule has 5 aromatic carbocycles. The van der Waals surface area contributed by atoms with E-state index in [1.54, 1.807) is 0 Å². The van der Waals surface area contributed by atoms with Crippen molar-refractivity contribution in [1.29, 1.82) is 0 Å². The molecule has 4 nitrogen and oxygen atoms in total. The third-order valence-corrected chi connectivity index (χ3v) is 12.6. The van der Waals surface area contributed by atoms with Gasteiger partial charge in [-0.1, -0.05) is 128 Å². The summed E-state index contributed by atoms with van der Waals surface area (Å²) < 4.78 is 5.16. The van der Waals surface area contributed by atoms with Gasteiger partial charge in [0.1, 0.15) is 5.84 Å². The summed E-state index contributed by atoms with van der Waals surface area (Å²) in [6.07, 6.45) is 21.2. The Balaban J connectivity index is 1.16. The first-order valence-corrected chi connectivity index (χ1v) is 20.8. The number of nitrogens with zero attached hydrogens (tertiary/aromatic N) is 3. The fourth-order valence-electron chi connectivity index (χ4n) is 9.91. The largest absolute Gasteiger partial charge is 0.359 e. The van der Waals surface area contributed by atoms with Gasteiger partial charge in [-0.3, -0.25) is 0 Å². The lowest BCUT2D eigenvalue weighted by atomic mass is 9.87. The smallest absolute Gasteiger partial charge is 0.130 e. The van der Waals surface area contributed by atoms with E-state index in [0.29, 0.717) is 5.92 Å². The molecule has 4 heteroatoms. The Morgan fingerprint density at radius 3 is 2.18 bits per heavy atom. The lowest BCUT2D eigenvalue weighted by molar-refractivity contribution is 0.495. The summed E-state index contributed by atoms with van der Waals surface area (Å²) in [6.45, 7) is 2.41. The van der Waals surface area contributed by atoms with Crippen LogP contribution in [0.5, 0.6) is 0 Å². The van der Waals surface area contributed by atoms with Crippen molar-refractivity contribution < 1.29 is 0 Å². The molecule has 57 heavy (non-hydrogen) atoms. The van der Waals surface area contributed by atoms with Crippen molar-refractivity contribution in [2.24, 2.45) is 10.9 Å². The van der Waals surface area contributed by atoms with E-state index in [9.17, 15) is 0 Å². The number of allylic oxidation sites excluding steroid dienone is 4. The molecule has 2 unspecified atom stereocenters. The topological polar surface area (TPSA) is 34.2 Å². The van der Waals surface area contributed by atoms with Crippen molar-refractivity contribution in [3.63, 3.8) is 0 Å². The maximum Gasteiger partial charge on any atom is 0.130 e. The minimum absolute atomic E-state index is 0.114. The maximum atomic E-state index is 5.43. The summed E-state index contributed by atoms with van der Waals surface area (Å²) in [5, 5.41) is 6.70. The number of nitrogens with one attached hydrogen (secondary N) is 1. The third kappa shape index (κ3) is 5.85. The molecule has 1 aliphatic heterocycles. The zero-order chi connectivity index (χ0) is 37.9. The van der Waals surface area contributed by atoms with E-state index < -0.39 is 0 Å². The van der Waals surface area contributed by atoms with Crippen LogP contribution in [0.25, 0.3) is 56.1 Å². The maximum absolute atomic E-state index is 5.43. The summed E-state index contributed by atoms with van der Waals surface area (Å²) in [6, 6.07) is 44.8. The SMILES string of the molecule is CC1CCc2c(c3ccccc3n2-c2cc(C3C=C(c4ccccc4-c4ccccc4)N=C(C4=CC=CCC4)N3)cc(-n3c4c(c5ccccc53)C=CCC4)c2)C1. The van der Waals surface area contributed by atoms with E-state index in [4.69, 9.17) is 4.99 Å². The van der Waals surface area contributed by atoms with E-state index in [1.165, 1.54) is 84.4 Å². The molecule has 7 aromatic rings. The fourth-order valence-corrected chi connectivity index (χ4v) is 9.91. The van der Waals surface area contributed by atoms with Crippen LogP contribution in [0.2, 0.25) is 0 Å². The number of rotatable bonds is 6. The van der Waals surface area contributed by atoms with Crippen LogP contribution in [-0.4, -0.2) is 15.0 Å². The first kappa shape index (κ1) is 33.9. The highest BCUT2D eigenvalue weighted by atomic mass is 15.1. The molecule has 0 fully saturated rings. The second-order valence-electron chi connectivity index (χ2n) is 16.3. The van der Waals surface area contributed by atoms with E-state index in [2.05, 4.69) is 179 Å². The van der Waals surface area contributed by atoms with Gasteiger partial charge in [0.15, 0.2) is 0 Å². The molecule has 278 valence electrons. The zero-order valence-electron chi connectivity index (χ0n) is 32.5. The number of para-hydroxylation sites is 2. The highest BCUT2D eigenvalue weighted by molar-refractivity contribution is 6.04. The number of hydrogen-bond donors (Lipinski definition) is 1. The van der Waals surface area contributed by atoms with Crippen LogP contribution in [0.3, 0.4) is 0 Å². The number of fused-ring (bicyclic) bond motifs is 6.